The summed E-state index contributed by atoms with van der Waals surface area (Å²) in [6.45, 7) is 7.48. The molecular formula is C15H20N2S2. The molecule has 0 saturated heterocycles. The van der Waals surface area contributed by atoms with Crippen molar-refractivity contribution in [3.8, 4) is 0 Å². The van der Waals surface area contributed by atoms with Crippen LogP contribution in [0.5, 0.6) is 0 Å². The van der Waals surface area contributed by atoms with Gasteiger partial charge in [-0.2, -0.15) is 0 Å². The fraction of sp³-hybridized carbons (Fsp3) is 0.400. The Bertz CT molecular complexity index is 501. The van der Waals surface area contributed by atoms with Crippen LogP contribution < -0.4 is 5.32 Å². The van der Waals surface area contributed by atoms with Crippen LogP contribution in [-0.2, 0) is 12.3 Å². The van der Waals surface area contributed by atoms with Crippen molar-refractivity contribution in [2.45, 2.75) is 43.5 Å². The summed E-state index contributed by atoms with van der Waals surface area (Å²) < 4.78 is 0. The molecule has 0 radical (unpaired) electrons. The van der Waals surface area contributed by atoms with Gasteiger partial charge in [-0.15, -0.1) is 23.1 Å². The predicted octanol–water partition coefficient (Wildman–Crippen LogP) is 4.32. The average molecular weight is 292 g/mol. The highest BCUT2D eigenvalue weighted by Crippen LogP contribution is 2.25. The van der Waals surface area contributed by atoms with Crippen molar-refractivity contribution in [1.29, 1.82) is 0 Å². The molecule has 0 aliphatic carbocycles. The first-order valence-corrected chi connectivity index (χ1v) is 8.23. The SMILES string of the molecule is CC(C)(C)NCc1cccc(SCc2cncs2)c1. The molecule has 1 heterocycles. The lowest BCUT2D eigenvalue weighted by Crippen LogP contribution is -2.35. The van der Waals surface area contributed by atoms with E-state index in [1.165, 1.54) is 15.3 Å². The molecule has 0 fully saturated rings. The first-order valence-electron chi connectivity index (χ1n) is 6.37. The Morgan fingerprint density at radius 3 is 2.84 bits per heavy atom. The first-order chi connectivity index (χ1) is 9.03. The molecule has 19 heavy (non-hydrogen) atoms. The highest BCUT2D eigenvalue weighted by molar-refractivity contribution is 7.98. The predicted molar refractivity (Wildman–Crippen MR) is 84.7 cm³/mol. The second kappa shape index (κ2) is 6.55. The molecule has 2 aromatic rings. The smallest absolute Gasteiger partial charge is 0.0794 e. The summed E-state index contributed by atoms with van der Waals surface area (Å²) in [4.78, 5) is 6.75. The number of thioether (sulfide) groups is 1. The van der Waals surface area contributed by atoms with Crippen LogP contribution in [0.4, 0.5) is 0 Å². The highest BCUT2D eigenvalue weighted by Gasteiger charge is 2.08. The number of thiazole rings is 1. The molecule has 0 atom stereocenters. The van der Waals surface area contributed by atoms with Crippen LogP contribution in [0, 0.1) is 0 Å². The molecule has 0 aliphatic heterocycles. The van der Waals surface area contributed by atoms with Crippen LogP contribution in [0.3, 0.4) is 0 Å². The van der Waals surface area contributed by atoms with Crippen LogP contribution >= 0.6 is 23.1 Å². The van der Waals surface area contributed by atoms with Crippen LogP contribution in [-0.4, -0.2) is 10.5 Å². The number of rotatable bonds is 5. The van der Waals surface area contributed by atoms with Crippen molar-refractivity contribution in [2.24, 2.45) is 0 Å². The van der Waals surface area contributed by atoms with Crippen molar-refractivity contribution in [3.63, 3.8) is 0 Å². The Hall–Kier alpha value is -0.840. The number of hydrogen-bond acceptors (Lipinski definition) is 4. The number of nitrogens with one attached hydrogen (secondary N) is 1. The lowest BCUT2D eigenvalue weighted by atomic mass is 10.1. The van der Waals surface area contributed by atoms with E-state index < -0.39 is 0 Å². The second-order valence-corrected chi connectivity index (χ2v) is 7.53. The van der Waals surface area contributed by atoms with Gasteiger partial charge in [-0.05, 0) is 38.5 Å². The molecule has 2 nitrogen and oxygen atoms in total. The quantitative estimate of drug-likeness (QED) is 0.831. The zero-order valence-electron chi connectivity index (χ0n) is 11.6. The van der Waals surface area contributed by atoms with E-state index in [0.717, 1.165) is 12.3 Å². The minimum absolute atomic E-state index is 0.159. The van der Waals surface area contributed by atoms with Gasteiger partial charge in [0.25, 0.3) is 0 Å². The van der Waals surface area contributed by atoms with Gasteiger partial charge in [0.2, 0.25) is 0 Å². The van der Waals surface area contributed by atoms with Crippen LogP contribution in [0.1, 0.15) is 31.2 Å². The van der Waals surface area contributed by atoms with Gasteiger partial charge in [0.1, 0.15) is 0 Å². The molecule has 0 aliphatic rings. The van der Waals surface area contributed by atoms with Gasteiger partial charge >= 0.3 is 0 Å². The normalized spacial score (nSPS) is 11.7. The maximum Gasteiger partial charge on any atom is 0.0794 e. The minimum atomic E-state index is 0.159. The van der Waals surface area contributed by atoms with Gasteiger partial charge in [0.15, 0.2) is 0 Å². The van der Waals surface area contributed by atoms with Gasteiger partial charge in [0.05, 0.1) is 5.51 Å². The average Bonchev–Trinajstić information content (AvgIpc) is 2.87. The summed E-state index contributed by atoms with van der Waals surface area (Å²) in [6.07, 6.45) is 1.95. The zero-order valence-corrected chi connectivity index (χ0v) is 13.3. The Labute approximate surface area is 123 Å². The third-order valence-corrected chi connectivity index (χ3v) is 4.59. The third kappa shape index (κ3) is 5.35. The minimum Gasteiger partial charge on any atom is -0.308 e. The number of aromatic nitrogens is 1. The molecule has 2 rings (SSSR count). The van der Waals surface area contributed by atoms with E-state index in [4.69, 9.17) is 0 Å². The Morgan fingerprint density at radius 1 is 1.32 bits per heavy atom. The molecule has 0 bridgehead atoms. The Balaban J connectivity index is 1.91. The fourth-order valence-electron chi connectivity index (χ4n) is 1.58. The van der Waals surface area contributed by atoms with E-state index in [2.05, 4.69) is 55.3 Å². The van der Waals surface area contributed by atoms with E-state index in [0.29, 0.717) is 0 Å². The molecule has 0 saturated carbocycles. The second-order valence-electron chi connectivity index (χ2n) is 5.51. The molecule has 1 aromatic heterocycles. The lowest BCUT2D eigenvalue weighted by Gasteiger charge is -2.20. The van der Waals surface area contributed by atoms with E-state index in [1.54, 1.807) is 11.3 Å². The van der Waals surface area contributed by atoms with Crippen LogP contribution in [0.2, 0.25) is 0 Å². The summed E-state index contributed by atoms with van der Waals surface area (Å²) in [5.74, 6) is 1.00. The van der Waals surface area contributed by atoms with Gasteiger partial charge in [-0.3, -0.25) is 4.98 Å². The number of nitrogens with zero attached hydrogens (tertiary/aromatic N) is 1. The zero-order chi connectivity index (χ0) is 13.7. The molecule has 1 aromatic carbocycles. The molecule has 4 heteroatoms. The lowest BCUT2D eigenvalue weighted by molar-refractivity contribution is 0.424. The van der Waals surface area contributed by atoms with E-state index >= 15 is 0 Å². The van der Waals surface area contributed by atoms with Crippen molar-refractivity contribution in [2.75, 3.05) is 0 Å². The molecule has 0 unspecified atom stereocenters. The summed E-state index contributed by atoms with van der Waals surface area (Å²) in [5, 5.41) is 3.52. The Kier molecular flexibility index (Phi) is 5.02. The standard InChI is InChI=1S/C15H20N2S2/c1-15(2,3)17-8-12-5-4-6-13(7-12)18-10-14-9-16-11-19-14/h4-7,9,11,17H,8,10H2,1-3H3. The topological polar surface area (TPSA) is 24.9 Å². The number of benzene rings is 1. The first kappa shape index (κ1) is 14.6. The summed E-state index contributed by atoms with van der Waals surface area (Å²) in [5.41, 5.74) is 3.38. The van der Waals surface area contributed by atoms with Crippen LogP contribution in [0.25, 0.3) is 0 Å². The Morgan fingerprint density at radius 2 is 2.16 bits per heavy atom. The molecule has 1 N–H and O–H groups in total. The fourth-order valence-corrected chi connectivity index (χ4v) is 3.20. The van der Waals surface area contributed by atoms with E-state index in [1.807, 2.05) is 23.5 Å². The summed E-state index contributed by atoms with van der Waals surface area (Å²) in [6, 6.07) is 8.75. The maximum atomic E-state index is 4.10. The van der Waals surface area contributed by atoms with E-state index in [9.17, 15) is 0 Å². The van der Waals surface area contributed by atoms with Crippen molar-refractivity contribution in [1.82, 2.24) is 10.3 Å². The van der Waals surface area contributed by atoms with Crippen molar-refractivity contribution >= 4 is 23.1 Å². The maximum absolute atomic E-state index is 4.10. The van der Waals surface area contributed by atoms with Gasteiger partial charge < -0.3 is 5.32 Å². The van der Waals surface area contributed by atoms with Gasteiger partial charge in [0, 0.05) is 33.8 Å². The van der Waals surface area contributed by atoms with Crippen molar-refractivity contribution in [3.05, 3.63) is 46.4 Å². The highest BCUT2D eigenvalue weighted by atomic mass is 32.2. The number of hydrogen-bond donors (Lipinski definition) is 1. The summed E-state index contributed by atoms with van der Waals surface area (Å²) >= 11 is 3.58. The largest absolute Gasteiger partial charge is 0.308 e. The monoisotopic (exact) mass is 292 g/mol. The molecule has 0 amide bonds. The third-order valence-electron chi connectivity index (χ3n) is 2.59. The molecule has 102 valence electrons. The van der Waals surface area contributed by atoms with Gasteiger partial charge in [-0.1, -0.05) is 12.1 Å². The molecule has 0 spiro atoms. The van der Waals surface area contributed by atoms with Crippen LogP contribution in [0.15, 0.2) is 40.9 Å². The van der Waals surface area contributed by atoms with E-state index in [-0.39, 0.29) is 5.54 Å². The summed E-state index contributed by atoms with van der Waals surface area (Å²) in [7, 11) is 0. The van der Waals surface area contributed by atoms with Crippen molar-refractivity contribution < 1.29 is 0 Å². The van der Waals surface area contributed by atoms with Gasteiger partial charge in [-0.25, -0.2) is 0 Å². The molecular weight excluding hydrogens is 272 g/mol.